The van der Waals surface area contributed by atoms with Crippen LogP contribution in [0.25, 0.3) is 23.0 Å². The molecule has 1 N–H and O–H groups in total. The number of aliphatic hydroxyl groups is 1. The van der Waals surface area contributed by atoms with Gasteiger partial charge in [-0.05, 0) is 18.2 Å². The van der Waals surface area contributed by atoms with Gasteiger partial charge in [0.2, 0.25) is 0 Å². The van der Waals surface area contributed by atoms with Gasteiger partial charge in [-0.3, -0.25) is 0 Å². The molecule has 2 aromatic carbocycles. The predicted molar refractivity (Wildman–Crippen MR) is 72.1 cm³/mol. The summed E-state index contributed by atoms with van der Waals surface area (Å²) in [6.45, 7) is 0. The van der Waals surface area contributed by atoms with Gasteiger partial charge in [0.25, 0.3) is 0 Å². The Hall–Kier alpha value is -2.68. The van der Waals surface area contributed by atoms with Crippen LogP contribution in [0.5, 0.6) is 5.75 Å². The van der Waals surface area contributed by atoms with E-state index in [1.54, 1.807) is 12.3 Å². The topological polar surface area (TPSA) is 42.6 Å². The van der Waals surface area contributed by atoms with Crippen molar-refractivity contribution in [3.8, 4) is 5.75 Å². The Kier molecular flexibility index (Phi) is 1.97. The predicted octanol–water partition coefficient (Wildman–Crippen LogP) is 2.28. The van der Waals surface area contributed by atoms with Gasteiger partial charge in [-0.1, -0.05) is 30.3 Å². The molecule has 3 heteroatoms. The van der Waals surface area contributed by atoms with Crippen LogP contribution in [0.15, 0.2) is 52.9 Å². The molecule has 0 radical (unpaired) electrons. The molecule has 0 fully saturated rings. The largest absolute Gasteiger partial charge is 0.504 e. The molecule has 4 rings (SSSR count). The Bertz CT molecular complexity index is 903. The third kappa shape index (κ3) is 1.38. The summed E-state index contributed by atoms with van der Waals surface area (Å²) in [6, 6.07) is 15.0. The van der Waals surface area contributed by atoms with E-state index in [9.17, 15) is 5.11 Å². The summed E-state index contributed by atoms with van der Waals surface area (Å²) in [7, 11) is 0. The lowest BCUT2D eigenvalue weighted by Crippen LogP contribution is -2.22. The summed E-state index contributed by atoms with van der Waals surface area (Å²) < 4.78 is 11.4. The van der Waals surface area contributed by atoms with Crippen molar-refractivity contribution in [3.05, 3.63) is 64.7 Å². The molecule has 0 saturated carbocycles. The zero-order valence-corrected chi connectivity index (χ0v) is 9.96. The van der Waals surface area contributed by atoms with Crippen LogP contribution in [0.4, 0.5) is 0 Å². The molecular weight excluding hydrogens is 240 g/mol. The fourth-order valence-electron chi connectivity index (χ4n) is 2.37. The zero-order valence-electron chi connectivity index (χ0n) is 9.96. The average Bonchev–Trinajstić information content (AvgIpc) is 2.77. The van der Waals surface area contributed by atoms with E-state index in [0.717, 1.165) is 16.2 Å². The second-order valence-corrected chi connectivity index (χ2v) is 4.42. The number of ether oxygens (including phenoxy) is 1. The molecule has 0 amide bonds. The SMILES string of the molecule is OC1=c2oc3ccccc3c2=COc2ccccc21. The first-order chi connectivity index (χ1) is 9.34. The number of furan rings is 1. The van der Waals surface area contributed by atoms with Gasteiger partial charge in [0.1, 0.15) is 17.6 Å². The second-order valence-electron chi connectivity index (χ2n) is 4.42. The fourth-order valence-corrected chi connectivity index (χ4v) is 2.37. The van der Waals surface area contributed by atoms with Gasteiger partial charge in [0.15, 0.2) is 11.2 Å². The molecule has 0 saturated heterocycles. The summed E-state index contributed by atoms with van der Waals surface area (Å²) in [5, 5.41) is 12.1. The van der Waals surface area contributed by atoms with Gasteiger partial charge in [-0.15, -0.1) is 0 Å². The van der Waals surface area contributed by atoms with Crippen LogP contribution in [0.2, 0.25) is 0 Å². The number of hydrogen-bond acceptors (Lipinski definition) is 3. The standard InChI is InChI=1S/C16H10O3/c17-15-11-6-2-3-7-13(11)18-9-12-10-5-1-4-8-14(10)19-16(12)15/h1-9,17H. The third-order valence-electron chi connectivity index (χ3n) is 3.29. The van der Waals surface area contributed by atoms with Crippen molar-refractivity contribution in [2.45, 2.75) is 0 Å². The molecule has 3 aromatic rings. The molecule has 1 aromatic heterocycles. The second kappa shape index (κ2) is 3.65. The fraction of sp³-hybridized carbons (Fsp3) is 0. The Morgan fingerprint density at radius 3 is 2.63 bits per heavy atom. The van der Waals surface area contributed by atoms with E-state index in [1.807, 2.05) is 42.5 Å². The number of rotatable bonds is 0. The molecular formula is C16H10O3. The van der Waals surface area contributed by atoms with Crippen molar-refractivity contribution in [2.24, 2.45) is 0 Å². The molecule has 1 aliphatic heterocycles. The summed E-state index contributed by atoms with van der Waals surface area (Å²) in [4.78, 5) is 0. The van der Waals surface area contributed by atoms with E-state index >= 15 is 0 Å². The van der Waals surface area contributed by atoms with Crippen LogP contribution >= 0.6 is 0 Å². The van der Waals surface area contributed by atoms with Crippen molar-refractivity contribution in [2.75, 3.05) is 0 Å². The highest BCUT2D eigenvalue weighted by Gasteiger charge is 2.15. The molecule has 0 spiro atoms. The molecule has 2 heterocycles. The normalized spacial score (nSPS) is 13.2. The van der Waals surface area contributed by atoms with Gasteiger partial charge in [0, 0.05) is 5.39 Å². The van der Waals surface area contributed by atoms with E-state index in [-0.39, 0.29) is 5.76 Å². The highest BCUT2D eigenvalue weighted by molar-refractivity contribution is 5.80. The van der Waals surface area contributed by atoms with Crippen molar-refractivity contribution in [3.63, 3.8) is 0 Å². The highest BCUT2D eigenvalue weighted by Crippen LogP contribution is 2.24. The van der Waals surface area contributed by atoms with Crippen LogP contribution < -0.4 is 15.4 Å². The number of para-hydroxylation sites is 2. The van der Waals surface area contributed by atoms with E-state index < -0.39 is 0 Å². The number of fused-ring (bicyclic) bond motifs is 4. The van der Waals surface area contributed by atoms with E-state index in [0.29, 0.717) is 16.7 Å². The quantitative estimate of drug-likeness (QED) is 0.665. The van der Waals surface area contributed by atoms with Gasteiger partial charge < -0.3 is 14.3 Å². The lowest BCUT2D eigenvalue weighted by atomic mass is 10.1. The minimum Gasteiger partial charge on any atom is -0.504 e. The monoisotopic (exact) mass is 250 g/mol. The Morgan fingerprint density at radius 1 is 0.895 bits per heavy atom. The third-order valence-corrected chi connectivity index (χ3v) is 3.29. The molecule has 1 aliphatic rings. The van der Waals surface area contributed by atoms with Gasteiger partial charge >= 0.3 is 0 Å². The number of hydrogen-bond donors (Lipinski definition) is 1. The summed E-state index contributed by atoms with van der Waals surface area (Å²) in [6.07, 6.45) is 1.63. The molecule has 0 unspecified atom stereocenters. The molecule has 92 valence electrons. The molecule has 3 nitrogen and oxygen atoms in total. The maximum absolute atomic E-state index is 10.4. The summed E-state index contributed by atoms with van der Waals surface area (Å²) in [5.41, 5.74) is 1.82. The van der Waals surface area contributed by atoms with Gasteiger partial charge in [0.05, 0.1) is 10.8 Å². The molecule has 19 heavy (non-hydrogen) atoms. The maximum atomic E-state index is 10.4. The molecule has 0 bridgehead atoms. The van der Waals surface area contributed by atoms with Crippen molar-refractivity contribution < 1.29 is 14.3 Å². The minimum absolute atomic E-state index is 0.107. The molecule has 0 atom stereocenters. The first kappa shape index (κ1) is 10.3. The van der Waals surface area contributed by atoms with E-state index in [1.165, 1.54) is 0 Å². The van der Waals surface area contributed by atoms with E-state index in [4.69, 9.17) is 9.15 Å². The smallest absolute Gasteiger partial charge is 0.180 e. The average molecular weight is 250 g/mol. The molecule has 0 aliphatic carbocycles. The first-order valence-corrected chi connectivity index (χ1v) is 6.02. The Labute approximate surface area is 108 Å². The lowest BCUT2D eigenvalue weighted by molar-refractivity contribution is 0.469. The highest BCUT2D eigenvalue weighted by atomic mass is 16.5. The minimum atomic E-state index is 0.107. The van der Waals surface area contributed by atoms with Crippen LogP contribution in [0, 0.1) is 0 Å². The van der Waals surface area contributed by atoms with Crippen molar-refractivity contribution in [1.29, 1.82) is 0 Å². The van der Waals surface area contributed by atoms with E-state index in [2.05, 4.69) is 0 Å². The summed E-state index contributed by atoms with van der Waals surface area (Å²) >= 11 is 0. The van der Waals surface area contributed by atoms with Crippen LogP contribution in [-0.4, -0.2) is 5.11 Å². The Morgan fingerprint density at radius 2 is 1.68 bits per heavy atom. The van der Waals surface area contributed by atoms with Gasteiger partial charge in [-0.25, -0.2) is 0 Å². The van der Waals surface area contributed by atoms with Crippen LogP contribution in [0.3, 0.4) is 0 Å². The first-order valence-electron chi connectivity index (χ1n) is 6.02. The number of aliphatic hydroxyl groups excluding tert-OH is 1. The maximum Gasteiger partial charge on any atom is 0.180 e. The zero-order chi connectivity index (χ0) is 12.8. The van der Waals surface area contributed by atoms with Crippen molar-refractivity contribution >= 4 is 23.0 Å². The summed E-state index contributed by atoms with van der Waals surface area (Å²) in [5.74, 6) is 0.728. The van der Waals surface area contributed by atoms with Crippen LogP contribution in [-0.2, 0) is 0 Å². The Balaban J connectivity index is 2.22. The lowest BCUT2D eigenvalue weighted by Gasteiger charge is -2.04. The van der Waals surface area contributed by atoms with Gasteiger partial charge in [-0.2, -0.15) is 0 Å². The van der Waals surface area contributed by atoms with Crippen molar-refractivity contribution in [1.82, 2.24) is 0 Å². The number of benzene rings is 2. The van der Waals surface area contributed by atoms with Crippen LogP contribution in [0.1, 0.15) is 5.56 Å².